The molecule has 0 aromatic heterocycles. The molecule has 28 heavy (non-hydrogen) atoms. The Morgan fingerprint density at radius 2 is 1.93 bits per heavy atom. The molecule has 0 unspecified atom stereocenters. The molecule has 1 amide bonds. The third-order valence-electron chi connectivity index (χ3n) is 3.96. The van der Waals surface area contributed by atoms with Crippen LogP contribution in [-0.4, -0.2) is 40.8 Å². The molecule has 0 saturated heterocycles. The van der Waals surface area contributed by atoms with Crippen LogP contribution in [0.5, 0.6) is 5.75 Å². The average Bonchev–Trinajstić information content (AvgIpc) is 2.64. The zero-order valence-electron chi connectivity index (χ0n) is 15.6. The number of carbonyl (C=O) groups is 1. The van der Waals surface area contributed by atoms with Crippen molar-refractivity contribution < 1.29 is 17.9 Å². The lowest BCUT2D eigenvalue weighted by Crippen LogP contribution is -2.40. The van der Waals surface area contributed by atoms with E-state index in [0.717, 1.165) is 28.3 Å². The van der Waals surface area contributed by atoms with Gasteiger partial charge in [-0.1, -0.05) is 35.3 Å². The standard InChI is InChI=1S/C19H22Cl2N2O4S/c1-27-16-7-3-5-14(11-16)6-4-10-22-19(24)13-23(28(2,25)26)18-12-15(20)8-9-17(18)21/h3,5,7-9,11-12H,4,6,10,13H2,1-2H3,(H,22,24). The average molecular weight is 445 g/mol. The van der Waals surface area contributed by atoms with E-state index in [1.807, 2.05) is 24.3 Å². The summed E-state index contributed by atoms with van der Waals surface area (Å²) in [4.78, 5) is 12.3. The SMILES string of the molecule is COc1cccc(CCCNC(=O)CN(c2cc(Cl)ccc2Cl)S(C)(=O)=O)c1. The topological polar surface area (TPSA) is 75.7 Å². The molecule has 2 aromatic carbocycles. The minimum atomic E-state index is -3.72. The van der Waals surface area contributed by atoms with Gasteiger partial charge in [0.2, 0.25) is 15.9 Å². The molecule has 0 bridgehead atoms. The molecule has 0 saturated carbocycles. The van der Waals surface area contributed by atoms with Gasteiger partial charge in [-0.05, 0) is 48.7 Å². The second-order valence-corrected chi connectivity index (χ2v) is 8.92. The van der Waals surface area contributed by atoms with Gasteiger partial charge in [0.1, 0.15) is 12.3 Å². The normalized spacial score (nSPS) is 11.1. The Balaban J connectivity index is 1.94. The van der Waals surface area contributed by atoms with Crippen molar-refractivity contribution in [1.82, 2.24) is 5.32 Å². The number of hydrogen-bond donors (Lipinski definition) is 1. The molecular weight excluding hydrogens is 423 g/mol. The summed E-state index contributed by atoms with van der Waals surface area (Å²) in [5, 5.41) is 3.26. The number of ether oxygens (including phenoxy) is 1. The third-order valence-corrected chi connectivity index (χ3v) is 5.64. The van der Waals surface area contributed by atoms with Gasteiger partial charge in [-0.15, -0.1) is 0 Å². The third kappa shape index (κ3) is 6.58. The Morgan fingerprint density at radius 3 is 2.61 bits per heavy atom. The smallest absolute Gasteiger partial charge is 0.240 e. The molecule has 2 aromatic rings. The summed E-state index contributed by atoms with van der Waals surface area (Å²) in [6.45, 7) is 0.0367. The minimum absolute atomic E-state index is 0.170. The van der Waals surface area contributed by atoms with Gasteiger partial charge in [0.05, 0.1) is 24.1 Å². The van der Waals surface area contributed by atoms with Crippen molar-refractivity contribution in [3.63, 3.8) is 0 Å². The molecule has 0 aliphatic rings. The van der Waals surface area contributed by atoms with Crippen LogP contribution >= 0.6 is 23.2 Å². The highest BCUT2D eigenvalue weighted by molar-refractivity contribution is 7.92. The number of halogens is 2. The molecule has 0 spiro atoms. The van der Waals surface area contributed by atoms with Crippen LogP contribution < -0.4 is 14.4 Å². The lowest BCUT2D eigenvalue weighted by Gasteiger charge is -2.23. The molecule has 0 aliphatic heterocycles. The van der Waals surface area contributed by atoms with E-state index in [-0.39, 0.29) is 17.3 Å². The molecule has 152 valence electrons. The molecular formula is C19H22Cl2N2O4S. The van der Waals surface area contributed by atoms with Gasteiger partial charge in [-0.3, -0.25) is 9.10 Å². The monoisotopic (exact) mass is 444 g/mol. The lowest BCUT2D eigenvalue weighted by molar-refractivity contribution is -0.119. The number of rotatable bonds is 9. The minimum Gasteiger partial charge on any atom is -0.497 e. The summed E-state index contributed by atoms with van der Waals surface area (Å²) >= 11 is 12.0. The zero-order valence-corrected chi connectivity index (χ0v) is 17.9. The molecule has 0 aliphatic carbocycles. The first kappa shape index (κ1) is 22.3. The van der Waals surface area contributed by atoms with E-state index in [9.17, 15) is 13.2 Å². The van der Waals surface area contributed by atoms with Crippen LogP contribution in [0.15, 0.2) is 42.5 Å². The predicted molar refractivity (Wildman–Crippen MR) is 113 cm³/mol. The Bertz CT molecular complexity index is 935. The maximum atomic E-state index is 12.3. The van der Waals surface area contributed by atoms with E-state index < -0.39 is 15.9 Å². The number of carbonyl (C=O) groups excluding carboxylic acids is 1. The van der Waals surface area contributed by atoms with E-state index >= 15 is 0 Å². The van der Waals surface area contributed by atoms with Crippen molar-refractivity contribution in [2.45, 2.75) is 12.8 Å². The van der Waals surface area contributed by atoms with Gasteiger partial charge in [0.25, 0.3) is 0 Å². The largest absolute Gasteiger partial charge is 0.497 e. The highest BCUT2D eigenvalue weighted by atomic mass is 35.5. The number of methoxy groups -OCH3 is 1. The van der Waals surface area contributed by atoms with Crippen molar-refractivity contribution in [1.29, 1.82) is 0 Å². The van der Waals surface area contributed by atoms with Gasteiger partial charge in [-0.25, -0.2) is 8.42 Å². The summed E-state index contributed by atoms with van der Waals surface area (Å²) in [6.07, 6.45) is 2.48. The molecule has 0 atom stereocenters. The first-order chi connectivity index (χ1) is 13.2. The fraction of sp³-hybridized carbons (Fsp3) is 0.316. The maximum Gasteiger partial charge on any atom is 0.240 e. The second kappa shape index (κ2) is 10.0. The Kier molecular flexibility index (Phi) is 7.98. The van der Waals surface area contributed by atoms with E-state index in [2.05, 4.69) is 5.32 Å². The number of hydrogen-bond acceptors (Lipinski definition) is 4. The molecule has 0 radical (unpaired) electrons. The molecule has 2 rings (SSSR count). The Morgan fingerprint density at radius 1 is 1.18 bits per heavy atom. The van der Waals surface area contributed by atoms with E-state index in [0.29, 0.717) is 18.0 Å². The van der Waals surface area contributed by atoms with Crippen molar-refractivity contribution in [3.8, 4) is 5.75 Å². The number of anilines is 1. The highest BCUT2D eigenvalue weighted by Crippen LogP contribution is 2.30. The van der Waals surface area contributed by atoms with Crippen LogP contribution in [0.1, 0.15) is 12.0 Å². The van der Waals surface area contributed by atoms with Gasteiger partial charge < -0.3 is 10.1 Å². The lowest BCUT2D eigenvalue weighted by atomic mass is 10.1. The van der Waals surface area contributed by atoms with Gasteiger partial charge in [0, 0.05) is 11.6 Å². The molecule has 0 heterocycles. The quantitative estimate of drug-likeness (QED) is 0.600. The fourth-order valence-electron chi connectivity index (χ4n) is 2.59. The summed E-state index contributed by atoms with van der Waals surface area (Å²) in [6, 6.07) is 12.2. The first-order valence-electron chi connectivity index (χ1n) is 8.53. The van der Waals surface area contributed by atoms with Crippen molar-refractivity contribution in [2.75, 3.05) is 30.8 Å². The number of aryl methyl sites for hydroxylation is 1. The Hall–Kier alpha value is -1.96. The van der Waals surface area contributed by atoms with Crippen molar-refractivity contribution >= 4 is 44.8 Å². The van der Waals surface area contributed by atoms with Gasteiger partial charge >= 0.3 is 0 Å². The number of nitrogens with zero attached hydrogens (tertiary/aromatic N) is 1. The number of benzene rings is 2. The molecule has 0 fully saturated rings. The molecule has 9 heteroatoms. The maximum absolute atomic E-state index is 12.3. The number of amides is 1. The highest BCUT2D eigenvalue weighted by Gasteiger charge is 2.23. The van der Waals surface area contributed by atoms with Crippen LogP contribution in [0.25, 0.3) is 0 Å². The number of sulfonamides is 1. The van der Waals surface area contributed by atoms with E-state index in [4.69, 9.17) is 27.9 Å². The predicted octanol–water partition coefficient (Wildman–Crippen LogP) is 3.52. The van der Waals surface area contributed by atoms with Gasteiger partial charge in [-0.2, -0.15) is 0 Å². The summed E-state index contributed by atoms with van der Waals surface area (Å²) in [7, 11) is -2.11. The van der Waals surface area contributed by atoms with Crippen molar-refractivity contribution in [3.05, 3.63) is 58.1 Å². The summed E-state index contributed by atoms with van der Waals surface area (Å²) in [5.74, 6) is 0.357. The van der Waals surface area contributed by atoms with Crippen LogP contribution in [-0.2, 0) is 21.2 Å². The number of nitrogens with one attached hydrogen (secondary N) is 1. The van der Waals surface area contributed by atoms with Crippen LogP contribution in [0.3, 0.4) is 0 Å². The van der Waals surface area contributed by atoms with E-state index in [1.165, 1.54) is 12.1 Å². The first-order valence-corrected chi connectivity index (χ1v) is 11.1. The zero-order chi connectivity index (χ0) is 20.7. The van der Waals surface area contributed by atoms with Crippen molar-refractivity contribution in [2.24, 2.45) is 0 Å². The second-order valence-electron chi connectivity index (χ2n) is 6.17. The molecule has 6 nitrogen and oxygen atoms in total. The van der Waals surface area contributed by atoms with Gasteiger partial charge in [0.15, 0.2) is 0 Å². The van der Waals surface area contributed by atoms with E-state index in [1.54, 1.807) is 13.2 Å². The molecule has 1 N–H and O–H groups in total. The fourth-order valence-corrected chi connectivity index (χ4v) is 3.89. The Labute approximate surface area is 175 Å². The summed E-state index contributed by atoms with van der Waals surface area (Å²) in [5.41, 5.74) is 1.26. The van der Waals surface area contributed by atoms with Crippen LogP contribution in [0, 0.1) is 0 Å². The van der Waals surface area contributed by atoms with Crippen LogP contribution in [0.2, 0.25) is 10.0 Å². The van der Waals surface area contributed by atoms with Crippen LogP contribution in [0.4, 0.5) is 5.69 Å². The summed E-state index contributed by atoms with van der Waals surface area (Å²) < 4.78 is 30.4.